The van der Waals surface area contributed by atoms with Crippen molar-refractivity contribution in [2.24, 2.45) is 0 Å². The van der Waals surface area contributed by atoms with Gasteiger partial charge < -0.3 is 14.4 Å². The van der Waals surface area contributed by atoms with Crippen LogP contribution in [0, 0.1) is 0 Å². The molecule has 0 atom stereocenters. The molecular formula is C54H58BNO2. The minimum Gasteiger partial charge on any atom is -0.458 e. The van der Waals surface area contributed by atoms with E-state index >= 15 is 0 Å². The van der Waals surface area contributed by atoms with Crippen LogP contribution in [0.15, 0.2) is 103 Å². The first-order valence-electron chi connectivity index (χ1n) is 21.6. The molecule has 0 amide bonds. The molecule has 2 aliphatic carbocycles. The van der Waals surface area contributed by atoms with Crippen LogP contribution in [0.5, 0.6) is 23.0 Å². The van der Waals surface area contributed by atoms with Gasteiger partial charge in [-0.05, 0) is 139 Å². The molecule has 6 aromatic carbocycles. The van der Waals surface area contributed by atoms with Crippen molar-refractivity contribution in [1.29, 1.82) is 0 Å². The van der Waals surface area contributed by atoms with Crippen molar-refractivity contribution in [3.05, 3.63) is 131 Å². The van der Waals surface area contributed by atoms with E-state index in [9.17, 15) is 0 Å². The number of rotatable bonds is 3. The van der Waals surface area contributed by atoms with Crippen molar-refractivity contribution < 1.29 is 9.47 Å². The largest absolute Gasteiger partial charge is 0.458 e. The van der Waals surface area contributed by atoms with E-state index in [1.165, 1.54) is 62.4 Å². The van der Waals surface area contributed by atoms with Crippen LogP contribution in [0.4, 0.5) is 17.1 Å². The molecule has 0 saturated carbocycles. The molecule has 0 N–H and O–H groups in total. The minimum absolute atomic E-state index is 0.0102. The van der Waals surface area contributed by atoms with Crippen LogP contribution in [0.1, 0.15) is 130 Å². The van der Waals surface area contributed by atoms with Crippen molar-refractivity contribution >= 4 is 50.9 Å². The van der Waals surface area contributed by atoms with Crippen LogP contribution in [0.3, 0.4) is 0 Å². The Morgan fingerprint density at radius 1 is 0.466 bits per heavy atom. The average Bonchev–Trinajstić information content (AvgIpc) is 3.17. The quantitative estimate of drug-likeness (QED) is 0.167. The molecule has 2 aliphatic heterocycles. The Morgan fingerprint density at radius 3 is 1.40 bits per heavy atom. The third-order valence-electron chi connectivity index (χ3n) is 14.6. The standard InChI is InChI=1S/C54H58BNO2/c1-50(2,3)35-17-20-36(21-18-35)56(37-19-16-33-14-12-13-15-34(33)26-37)38-27-47-49-48(28-38)58-46-32-42-40(52(6,7)23-25-54(42,10)11)30-44(46)55(49)43-29-39-41(31-45(43)57-47)53(8,9)24-22-51(39,4)5/h12-21,26-32H,22-25H2,1-11H3. The summed E-state index contributed by atoms with van der Waals surface area (Å²) < 4.78 is 14.5. The first-order valence-corrected chi connectivity index (χ1v) is 21.6. The summed E-state index contributed by atoms with van der Waals surface area (Å²) in [5.74, 6) is 3.69. The molecule has 4 heteroatoms. The van der Waals surface area contributed by atoms with Gasteiger partial charge in [-0.2, -0.15) is 0 Å². The summed E-state index contributed by atoms with van der Waals surface area (Å²) in [6, 6.07) is 38.9. The maximum absolute atomic E-state index is 7.24. The van der Waals surface area contributed by atoms with E-state index in [1.807, 2.05) is 0 Å². The molecule has 2 heterocycles. The molecule has 6 aromatic rings. The van der Waals surface area contributed by atoms with Gasteiger partial charge in [0.05, 0.1) is 5.69 Å². The van der Waals surface area contributed by atoms with Gasteiger partial charge in [0.25, 0.3) is 6.71 Å². The Labute approximate surface area is 346 Å². The van der Waals surface area contributed by atoms with Crippen LogP contribution < -0.4 is 30.8 Å². The van der Waals surface area contributed by atoms with Crippen LogP contribution in [0.25, 0.3) is 10.8 Å². The summed E-state index contributed by atoms with van der Waals surface area (Å²) in [6.45, 7) is 26.2. The number of benzene rings is 6. The number of hydrogen-bond donors (Lipinski definition) is 0. The van der Waals surface area contributed by atoms with E-state index in [4.69, 9.17) is 9.47 Å². The Bertz CT molecular complexity index is 2560. The van der Waals surface area contributed by atoms with E-state index in [1.54, 1.807) is 0 Å². The number of ether oxygens (including phenoxy) is 2. The van der Waals surface area contributed by atoms with Crippen LogP contribution >= 0.6 is 0 Å². The number of nitrogens with zero attached hydrogens (tertiary/aromatic N) is 1. The third-order valence-corrected chi connectivity index (χ3v) is 14.6. The van der Waals surface area contributed by atoms with Gasteiger partial charge in [0.1, 0.15) is 23.0 Å². The summed E-state index contributed by atoms with van der Waals surface area (Å²) in [4.78, 5) is 2.37. The van der Waals surface area contributed by atoms with E-state index in [0.29, 0.717) is 0 Å². The minimum atomic E-state index is -0.0102. The Morgan fingerprint density at radius 2 is 0.914 bits per heavy atom. The Balaban J connectivity index is 1.23. The molecule has 0 radical (unpaired) electrons. The van der Waals surface area contributed by atoms with E-state index in [2.05, 4.69) is 184 Å². The molecule has 3 nitrogen and oxygen atoms in total. The van der Waals surface area contributed by atoms with E-state index in [0.717, 1.165) is 58.4 Å². The van der Waals surface area contributed by atoms with Gasteiger partial charge in [-0.3, -0.25) is 0 Å². The first-order chi connectivity index (χ1) is 27.3. The highest BCUT2D eigenvalue weighted by Crippen LogP contribution is 2.51. The Kier molecular flexibility index (Phi) is 7.91. The van der Waals surface area contributed by atoms with Gasteiger partial charge >= 0.3 is 0 Å². The maximum Gasteiger partial charge on any atom is 0.260 e. The summed E-state index contributed by atoms with van der Waals surface area (Å²) in [5.41, 5.74) is 14.2. The zero-order chi connectivity index (χ0) is 40.7. The number of hydrogen-bond acceptors (Lipinski definition) is 3. The fraction of sp³-hybridized carbons (Fsp3) is 0.370. The molecule has 0 fully saturated rings. The van der Waals surface area contributed by atoms with Gasteiger partial charge in [-0.1, -0.05) is 131 Å². The zero-order valence-electron chi connectivity index (χ0n) is 36.5. The molecule has 0 unspecified atom stereocenters. The molecule has 4 aliphatic rings. The lowest BCUT2D eigenvalue weighted by atomic mass is 9.34. The second kappa shape index (κ2) is 12.3. The number of fused-ring (bicyclic) bond motifs is 7. The first kappa shape index (κ1) is 37.3. The molecule has 10 rings (SSSR count). The molecule has 0 spiro atoms. The summed E-state index contributed by atoms with van der Waals surface area (Å²) in [6.07, 6.45) is 4.64. The van der Waals surface area contributed by atoms with Crippen molar-refractivity contribution in [2.45, 2.75) is 129 Å². The monoisotopic (exact) mass is 763 g/mol. The van der Waals surface area contributed by atoms with Crippen LogP contribution in [-0.4, -0.2) is 6.71 Å². The number of anilines is 3. The van der Waals surface area contributed by atoms with Crippen molar-refractivity contribution in [3.63, 3.8) is 0 Å². The van der Waals surface area contributed by atoms with Crippen molar-refractivity contribution in [3.8, 4) is 23.0 Å². The Hall–Kier alpha value is -4.96. The smallest absolute Gasteiger partial charge is 0.260 e. The fourth-order valence-corrected chi connectivity index (χ4v) is 10.6. The highest BCUT2D eigenvalue weighted by atomic mass is 16.5. The van der Waals surface area contributed by atoms with Gasteiger partial charge in [-0.15, -0.1) is 0 Å². The lowest BCUT2D eigenvalue weighted by Crippen LogP contribution is -2.58. The topological polar surface area (TPSA) is 21.7 Å². The lowest BCUT2D eigenvalue weighted by molar-refractivity contribution is 0.330. The molecule has 58 heavy (non-hydrogen) atoms. The SMILES string of the molecule is CC(C)(C)c1ccc(N(c2cc3c4c(c2)Oc2cc5c(cc2B4c2cc4c(cc2O3)C(C)(C)CCC4(C)C)C(C)(C)CCC5(C)C)c2ccc3ccccc3c2)cc1. The average molecular weight is 764 g/mol. The summed E-state index contributed by atoms with van der Waals surface area (Å²) in [7, 11) is 0. The predicted molar refractivity (Wildman–Crippen MR) is 246 cm³/mol. The summed E-state index contributed by atoms with van der Waals surface area (Å²) in [5, 5.41) is 2.43. The summed E-state index contributed by atoms with van der Waals surface area (Å²) >= 11 is 0. The highest BCUT2D eigenvalue weighted by Gasteiger charge is 2.47. The molecular weight excluding hydrogens is 705 g/mol. The highest BCUT2D eigenvalue weighted by molar-refractivity contribution is 6.98. The van der Waals surface area contributed by atoms with Gasteiger partial charge in [0.2, 0.25) is 0 Å². The molecule has 294 valence electrons. The van der Waals surface area contributed by atoms with Crippen molar-refractivity contribution in [1.82, 2.24) is 0 Å². The third kappa shape index (κ3) is 5.75. The van der Waals surface area contributed by atoms with E-state index in [-0.39, 0.29) is 33.8 Å². The fourth-order valence-electron chi connectivity index (χ4n) is 10.6. The van der Waals surface area contributed by atoms with Gasteiger partial charge in [0, 0.05) is 29.0 Å². The second-order valence-corrected chi connectivity index (χ2v) is 21.6. The molecule has 0 aromatic heterocycles. The normalized spacial score (nSPS) is 18.8. The van der Waals surface area contributed by atoms with Crippen LogP contribution in [0.2, 0.25) is 0 Å². The molecule has 0 saturated heterocycles. The van der Waals surface area contributed by atoms with Gasteiger partial charge in [-0.25, -0.2) is 0 Å². The molecule has 0 bridgehead atoms. The maximum atomic E-state index is 7.24. The second-order valence-electron chi connectivity index (χ2n) is 21.6. The van der Waals surface area contributed by atoms with E-state index < -0.39 is 0 Å². The van der Waals surface area contributed by atoms with Crippen molar-refractivity contribution in [2.75, 3.05) is 4.90 Å². The van der Waals surface area contributed by atoms with Gasteiger partial charge in [0.15, 0.2) is 0 Å². The zero-order valence-corrected chi connectivity index (χ0v) is 36.5. The predicted octanol–water partition coefficient (Wildman–Crippen LogP) is 13.0. The van der Waals surface area contributed by atoms with Crippen LogP contribution in [-0.2, 0) is 27.1 Å². The lowest BCUT2D eigenvalue weighted by Gasteiger charge is -2.45.